The quantitative estimate of drug-likeness (QED) is 0.621. The average molecular weight is 383 g/mol. The Balaban J connectivity index is 1.60. The Morgan fingerprint density at radius 1 is 1.30 bits per heavy atom. The number of hydrogen-bond donors (Lipinski definition) is 1. The van der Waals surface area contributed by atoms with Crippen LogP contribution in [-0.4, -0.2) is 50.3 Å². The van der Waals surface area contributed by atoms with Crippen LogP contribution in [0.15, 0.2) is 29.3 Å². The van der Waals surface area contributed by atoms with Gasteiger partial charge in [-0.2, -0.15) is 13.2 Å². The Bertz CT molecular complexity index is 663. The molecule has 0 atom stereocenters. The Labute approximate surface area is 158 Å². The van der Waals surface area contributed by atoms with Crippen LogP contribution in [0.25, 0.3) is 0 Å². The van der Waals surface area contributed by atoms with Crippen LogP contribution in [0.3, 0.4) is 0 Å². The molecule has 0 bridgehead atoms. The van der Waals surface area contributed by atoms with Gasteiger partial charge in [0, 0.05) is 38.7 Å². The van der Waals surface area contributed by atoms with Gasteiger partial charge in [-0.05, 0) is 44.2 Å². The van der Waals surface area contributed by atoms with Gasteiger partial charge in [-0.15, -0.1) is 0 Å². The third kappa shape index (κ3) is 4.75. The van der Waals surface area contributed by atoms with Crippen molar-refractivity contribution in [2.75, 3.05) is 33.3 Å². The fraction of sp³-hybridized carbons (Fsp3) is 0.650. The summed E-state index contributed by atoms with van der Waals surface area (Å²) in [6.07, 6.45) is -0.277. The summed E-state index contributed by atoms with van der Waals surface area (Å²) in [7, 11) is 1.75. The molecule has 0 radical (unpaired) electrons. The van der Waals surface area contributed by atoms with Gasteiger partial charge in [-0.1, -0.05) is 18.2 Å². The number of nitrogens with zero attached hydrogens (tertiary/aromatic N) is 2. The van der Waals surface area contributed by atoms with Crippen LogP contribution in [-0.2, 0) is 16.3 Å². The number of hydrogen-bond acceptors (Lipinski definition) is 2. The van der Waals surface area contributed by atoms with Crippen molar-refractivity contribution in [1.82, 2.24) is 10.2 Å². The number of ether oxygens (including phenoxy) is 1. The van der Waals surface area contributed by atoms with Crippen LogP contribution >= 0.6 is 0 Å². The van der Waals surface area contributed by atoms with E-state index in [0.29, 0.717) is 12.6 Å². The van der Waals surface area contributed by atoms with Crippen molar-refractivity contribution in [1.29, 1.82) is 0 Å². The number of halogens is 3. The summed E-state index contributed by atoms with van der Waals surface area (Å²) in [5.74, 6) is 0.822. The SMILES string of the molecule is CCOC1CCN(C(=NC)NCC2(c3cccc(C(F)(F)F)c3)CC2)CC1. The molecule has 1 aromatic rings. The van der Waals surface area contributed by atoms with E-state index in [2.05, 4.69) is 15.2 Å². The van der Waals surface area contributed by atoms with E-state index >= 15 is 0 Å². The number of rotatable bonds is 5. The summed E-state index contributed by atoms with van der Waals surface area (Å²) >= 11 is 0. The fourth-order valence-electron chi connectivity index (χ4n) is 3.79. The molecule has 1 aliphatic heterocycles. The summed E-state index contributed by atoms with van der Waals surface area (Å²) in [5.41, 5.74) is -0.0371. The van der Waals surface area contributed by atoms with E-state index in [9.17, 15) is 13.2 Å². The summed E-state index contributed by atoms with van der Waals surface area (Å²) in [6, 6.07) is 5.74. The van der Waals surface area contributed by atoms with Gasteiger partial charge in [0.2, 0.25) is 0 Å². The molecule has 7 heteroatoms. The van der Waals surface area contributed by atoms with E-state index in [1.54, 1.807) is 13.1 Å². The molecule has 2 fully saturated rings. The van der Waals surface area contributed by atoms with Gasteiger partial charge < -0.3 is 15.0 Å². The summed E-state index contributed by atoms with van der Waals surface area (Å²) in [6.45, 7) is 5.10. The van der Waals surface area contributed by atoms with E-state index in [1.807, 2.05) is 6.92 Å². The van der Waals surface area contributed by atoms with Crippen molar-refractivity contribution in [3.05, 3.63) is 35.4 Å². The summed E-state index contributed by atoms with van der Waals surface area (Å²) < 4.78 is 44.8. The Morgan fingerprint density at radius 3 is 2.56 bits per heavy atom. The first-order valence-electron chi connectivity index (χ1n) is 9.63. The molecule has 4 nitrogen and oxygen atoms in total. The lowest BCUT2D eigenvalue weighted by Gasteiger charge is -2.34. The first kappa shape index (κ1) is 20.0. The maximum absolute atomic E-state index is 13.0. The molecule has 0 amide bonds. The highest BCUT2D eigenvalue weighted by molar-refractivity contribution is 5.80. The van der Waals surface area contributed by atoms with Crippen molar-refractivity contribution in [2.45, 2.75) is 50.3 Å². The molecular formula is C20H28F3N3O. The molecule has 0 aromatic heterocycles. The first-order chi connectivity index (χ1) is 12.9. The topological polar surface area (TPSA) is 36.9 Å². The molecule has 0 unspecified atom stereocenters. The van der Waals surface area contributed by atoms with Gasteiger partial charge in [0.05, 0.1) is 11.7 Å². The number of alkyl halides is 3. The van der Waals surface area contributed by atoms with Crippen LogP contribution in [0.4, 0.5) is 13.2 Å². The molecule has 1 aliphatic carbocycles. The van der Waals surface area contributed by atoms with Crippen molar-refractivity contribution < 1.29 is 17.9 Å². The highest BCUT2D eigenvalue weighted by Crippen LogP contribution is 2.48. The number of piperidine rings is 1. The molecular weight excluding hydrogens is 355 g/mol. The van der Waals surface area contributed by atoms with Gasteiger partial charge >= 0.3 is 6.18 Å². The molecule has 1 saturated carbocycles. The fourth-order valence-corrected chi connectivity index (χ4v) is 3.79. The van der Waals surface area contributed by atoms with E-state index in [0.717, 1.165) is 63.0 Å². The number of guanidine groups is 1. The molecule has 3 rings (SSSR count). The largest absolute Gasteiger partial charge is 0.416 e. The first-order valence-corrected chi connectivity index (χ1v) is 9.63. The van der Waals surface area contributed by atoms with Crippen molar-refractivity contribution in [2.24, 2.45) is 4.99 Å². The van der Waals surface area contributed by atoms with E-state index in [4.69, 9.17) is 4.74 Å². The lowest BCUT2D eigenvalue weighted by Crippen LogP contribution is -2.48. The van der Waals surface area contributed by atoms with Gasteiger partial charge in [-0.25, -0.2) is 0 Å². The van der Waals surface area contributed by atoms with Crippen molar-refractivity contribution in [3.8, 4) is 0 Å². The lowest BCUT2D eigenvalue weighted by molar-refractivity contribution is -0.137. The predicted octanol–water partition coefficient (Wildman–Crippen LogP) is 3.81. The van der Waals surface area contributed by atoms with E-state index < -0.39 is 11.7 Å². The minimum absolute atomic E-state index is 0.221. The number of likely N-dealkylation sites (tertiary alicyclic amines) is 1. The van der Waals surface area contributed by atoms with Crippen LogP contribution in [0.5, 0.6) is 0 Å². The molecule has 1 N–H and O–H groups in total. The normalized spacial score (nSPS) is 20.6. The minimum atomic E-state index is -4.31. The van der Waals surface area contributed by atoms with E-state index in [1.165, 1.54) is 12.1 Å². The third-order valence-corrected chi connectivity index (χ3v) is 5.60. The van der Waals surface area contributed by atoms with Crippen molar-refractivity contribution >= 4 is 5.96 Å². The lowest BCUT2D eigenvalue weighted by atomic mass is 9.94. The van der Waals surface area contributed by atoms with Crippen LogP contribution in [0.2, 0.25) is 0 Å². The number of nitrogens with one attached hydrogen (secondary N) is 1. The minimum Gasteiger partial charge on any atom is -0.378 e. The zero-order chi connectivity index (χ0) is 19.5. The van der Waals surface area contributed by atoms with Gasteiger partial charge in [-0.3, -0.25) is 4.99 Å². The van der Waals surface area contributed by atoms with Crippen molar-refractivity contribution in [3.63, 3.8) is 0 Å². The molecule has 2 aliphatic rings. The molecule has 1 saturated heterocycles. The van der Waals surface area contributed by atoms with Gasteiger partial charge in [0.15, 0.2) is 5.96 Å². The average Bonchev–Trinajstić information content (AvgIpc) is 3.44. The standard InChI is InChI=1S/C20H28F3N3O/c1-3-27-17-7-11-26(12-8-17)18(24-2)25-14-19(9-10-19)15-5-4-6-16(13-15)20(21,22)23/h4-6,13,17H,3,7-12,14H2,1-2H3,(H,24,25). The molecule has 1 aromatic carbocycles. The Kier molecular flexibility index (Phi) is 5.99. The Morgan fingerprint density at radius 2 is 2.00 bits per heavy atom. The van der Waals surface area contributed by atoms with Gasteiger partial charge in [0.25, 0.3) is 0 Å². The molecule has 1 heterocycles. The number of aliphatic imine (C=N–C) groups is 1. The molecule has 27 heavy (non-hydrogen) atoms. The smallest absolute Gasteiger partial charge is 0.378 e. The van der Waals surface area contributed by atoms with E-state index in [-0.39, 0.29) is 5.41 Å². The van der Waals surface area contributed by atoms with Crippen LogP contribution in [0, 0.1) is 0 Å². The molecule has 0 spiro atoms. The van der Waals surface area contributed by atoms with Crippen LogP contribution in [0.1, 0.15) is 43.7 Å². The second-order valence-electron chi connectivity index (χ2n) is 7.40. The Hall–Kier alpha value is -1.76. The molecule has 150 valence electrons. The summed E-state index contributed by atoms with van der Waals surface area (Å²) in [5, 5.41) is 3.40. The van der Waals surface area contributed by atoms with Gasteiger partial charge in [0.1, 0.15) is 0 Å². The summed E-state index contributed by atoms with van der Waals surface area (Å²) in [4.78, 5) is 6.58. The second-order valence-corrected chi connectivity index (χ2v) is 7.40. The number of benzene rings is 1. The van der Waals surface area contributed by atoms with Crippen LogP contribution < -0.4 is 5.32 Å². The third-order valence-electron chi connectivity index (χ3n) is 5.60. The maximum Gasteiger partial charge on any atom is 0.416 e. The monoisotopic (exact) mass is 383 g/mol. The zero-order valence-corrected chi connectivity index (χ0v) is 16.0. The highest BCUT2D eigenvalue weighted by atomic mass is 19.4. The predicted molar refractivity (Wildman–Crippen MR) is 99.9 cm³/mol. The maximum atomic E-state index is 13.0. The second kappa shape index (κ2) is 8.09. The zero-order valence-electron chi connectivity index (χ0n) is 16.0. The highest BCUT2D eigenvalue weighted by Gasteiger charge is 2.45.